The predicted molar refractivity (Wildman–Crippen MR) is 77.5 cm³/mol. The summed E-state index contributed by atoms with van der Waals surface area (Å²) in [5, 5.41) is 12.6. The average Bonchev–Trinajstić information content (AvgIpc) is 2.51. The number of halogens is 1. The summed E-state index contributed by atoms with van der Waals surface area (Å²) in [5.41, 5.74) is 2.32. The highest BCUT2D eigenvalue weighted by atomic mass is 19.1. The number of hydrogen-bond donors (Lipinski definition) is 1. The first-order chi connectivity index (χ1) is 10.1. The lowest BCUT2D eigenvalue weighted by molar-refractivity contribution is -0.0720. The zero-order chi connectivity index (χ0) is 15.0. The summed E-state index contributed by atoms with van der Waals surface area (Å²) in [6.07, 6.45) is -0.0780. The Morgan fingerprint density at radius 2 is 2.29 bits per heavy atom. The molecule has 0 bridgehead atoms. The molecule has 112 valence electrons. The fourth-order valence-corrected chi connectivity index (χ4v) is 3.27. The third kappa shape index (κ3) is 2.55. The zero-order valence-corrected chi connectivity index (χ0v) is 12.4. The Kier molecular flexibility index (Phi) is 3.94. The average molecular weight is 289 g/mol. The third-order valence-electron chi connectivity index (χ3n) is 4.57. The highest BCUT2D eigenvalue weighted by molar-refractivity contribution is 5.47. The molecule has 1 N–H and O–H groups in total. The van der Waals surface area contributed by atoms with Crippen LogP contribution in [0.4, 0.5) is 4.39 Å². The molecule has 0 saturated carbocycles. The molecule has 5 heteroatoms. The molecule has 0 radical (unpaired) electrons. The van der Waals surface area contributed by atoms with Crippen molar-refractivity contribution in [3.05, 3.63) is 34.1 Å². The number of aryl methyl sites for hydroxylation is 1. The molecule has 0 amide bonds. The SMILES string of the molecule is Cc1cc([C@@H]2CN3CCNC[C@@H]3CO2)c(C)c(C#N)c1F. The molecule has 0 aliphatic carbocycles. The second kappa shape index (κ2) is 5.72. The van der Waals surface area contributed by atoms with E-state index in [9.17, 15) is 9.65 Å². The van der Waals surface area contributed by atoms with E-state index in [1.165, 1.54) is 0 Å². The van der Waals surface area contributed by atoms with Crippen molar-refractivity contribution >= 4 is 0 Å². The molecular formula is C16H20FN3O. The number of nitriles is 1. The summed E-state index contributed by atoms with van der Waals surface area (Å²) in [7, 11) is 0. The van der Waals surface area contributed by atoms with Gasteiger partial charge in [0.15, 0.2) is 0 Å². The number of morpholine rings is 1. The molecule has 2 atom stereocenters. The lowest BCUT2D eigenvalue weighted by Gasteiger charge is -2.43. The second-order valence-electron chi connectivity index (χ2n) is 5.88. The molecule has 2 heterocycles. The Balaban J connectivity index is 1.91. The zero-order valence-electron chi connectivity index (χ0n) is 12.4. The van der Waals surface area contributed by atoms with E-state index in [4.69, 9.17) is 4.74 Å². The minimum atomic E-state index is -0.408. The maximum atomic E-state index is 14.0. The van der Waals surface area contributed by atoms with Crippen molar-refractivity contribution in [1.82, 2.24) is 10.2 Å². The number of rotatable bonds is 1. The Labute approximate surface area is 124 Å². The van der Waals surface area contributed by atoms with Gasteiger partial charge in [0.05, 0.1) is 18.3 Å². The van der Waals surface area contributed by atoms with E-state index in [1.807, 2.05) is 19.1 Å². The second-order valence-corrected chi connectivity index (χ2v) is 5.88. The quantitative estimate of drug-likeness (QED) is 0.854. The number of benzene rings is 1. The van der Waals surface area contributed by atoms with Gasteiger partial charge in [-0.15, -0.1) is 0 Å². The van der Waals surface area contributed by atoms with Gasteiger partial charge in [0.2, 0.25) is 0 Å². The minimum Gasteiger partial charge on any atom is -0.370 e. The molecule has 0 unspecified atom stereocenters. The topological polar surface area (TPSA) is 48.3 Å². The predicted octanol–water partition coefficient (Wildman–Crippen LogP) is 1.66. The lowest BCUT2D eigenvalue weighted by Crippen LogP contribution is -2.57. The maximum absolute atomic E-state index is 14.0. The van der Waals surface area contributed by atoms with E-state index >= 15 is 0 Å². The Morgan fingerprint density at radius 1 is 1.48 bits per heavy atom. The molecule has 1 aromatic carbocycles. The van der Waals surface area contributed by atoms with Gasteiger partial charge in [0.1, 0.15) is 11.9 Å². The molecule has 0 spiro atoms. The van der Waals surface area contributed by atoms with Crippen LogP contribution in [0, 0.1) is 31.0 Å². The van der Waals surface area contributed by atoms with Gasteiger partial charge in [-0.1, -0.05) is 6.07 Å². The molecule has 2 aliphatic heterocycles. The van der Waals surface area contributed by atoms with Crippen molar-refractivity contribution in [2.75, 3.05) is 32.8 Å². The Morgan fingerprint density at radius 3 is 3.05 bits per heavy atom. The Hall–Kier alpha value is -1.48. The fourth-order valence-electron chi connectivity index (χ4n) is 3.27. The molecule has 3 rings (SSSR count). The van der Waals surface area contributed by atoms with Crippen LogP contribution in [0.1, 0.15) is 28.4 Å². The number of hydrogen-bond acceptors (Lipinski definition) is 4. The molecular weight excluding hydrogens is 269 g/mol. The molecule has 2 saturated heterocycles. The van der Waals surface area contributed by atoms with Gasteiger partial charge < -0.3 is 10.1 Å². The van der Waals surface area contributed by atoms with Gasteiger partial charge in [-0.2, -0.15) is 5.26 Å². The third-order valence-corrected chi connectivity index (χ3v) is 4.57. The number of ether oxygens (including phenoxy) is 1. The number of fused-ring (bicyclic) bond motifs is 1. The molecule has 21 heavy (non-hydrogen) atoms. The summed E-state index contributed by atoms with van der Waals surface area (Å²) in [6, 6.07) is 4.24. The smallest absolute Gasteiger partial charge is 0.144 e. The monoisotopic (exact) mass is 289 g/mol. The standard InChI is InChI=1S/C16H20FN3O/c1-10-5-13(11(2)14(6-18)16(10)17)15-8-20-4-3-19-7-12(20)9-21-15/h5,12,15,19H,3-4,7-9H2,1-2H3/t12-,15+/m1/s1. The van der Waals surface area contributed by atoms with E-state index in [2.05, 4.69) is 10.2 Å². The normalized spacial score (nSPS) is 26.2. The Bertz CT molecular complexity index is 596. The first-order valence-electron chi connectivity index (χ1n) is 7.38. The molecule has 1 aromatic rings. The van der Waals surface area contributed by atoms with Crippen LogP contribution in [0.3, 0.4) is 0 Å². The van der Waals surface area contributed by atoms with Crippen LogP contribution in [0.25, 0.3) is 0 Å². The van der Waals surface area contributed by atoms with Crippen LogP contribution in [-0.2, 0) is 4.74 Å². The van der Waals surface area contributed by atoms with Crippen LogP contribution in [-0.4, -0.2) is 43.7 Å². The van der Waals surface area contributed by atoms with E-state index in [-0.39, 0.29) is 11.7 Å². The highest BCUT2D eigenvalue weighted by Crippen LogP contribution is 2.31. The molecule has 4 nitrogen and oxygen atoms in total. The van der Waals surface area contributed by atoms with Crippen LogP contribution < -0.4 is 5.32 Å². The van der Waals surface area contributed by atoms with Crippen molar-refractivity contribution in [1.29, 1.82) is 5.26 Å². The summed E-state index contributed by atoms with van der Waals surface area (Å²) in [5.74, 6) is -0.408. The number of piperazine rings is 1. The van der Waals surface area contributed by atoms with Gasteiger partial charge >= 0.3 is 0 Å². The van der Waals surface area contributed by atoms with Crippen molar-refractivity contribution < 1.29 is 9.13 Å². The van der Waals surface area contributed by atoms with Crippen LogP contribution in [0.5, 0.6) is 0 Å². The summed E-state index contributed by atoms with van der Waals surface area (Å²) in [6.45, 7) is 7.96. The lowest BCUT2D eigenvalue weighted by atomic mass is 9.94. The number of nitrogens with one attached hydrogen (secondary N) is 1. The first-order valence-corrected chi connectivity index (χ1v) is 7.38. The van der Waals surface area contributed by atoms with Crippen LogP contribution in [0.15, 0.2) is 6.07 Å². The van der Waals surface area contributed by atoms with Gasteiger partial charge in [-0.05, 0) is 30.5 Å². The van der Waals surface area contributed by atoms with E-state index < -0.39 is 5.82 Å². The van der Waals surface area contributed by atoms with Crippen molar-refractivity contribution in [3.63, 3.8) is 0 Å². The van der Waals surface area contributed by atoms with Gasteiger partial charge in [-0.25, -0.2) is 4.39 Å². The molecule has 0 aromatic heterocycles. The fraction of sp³-hybridized carbons (Fsp3) is 0.562. The minimum absolute atomic E-state index is 0.0780. The first kappa shape index (κ1) is 14.5. The van der Waals surface area contributed by atoms with Crippen molar-refractivity contribution in [2.24, 2.45) is 0 Å². The van der Waals surface area contributed by atoms with Crippen LogP contribution >= 0.6 is 0 Å². The van der Waals surface area contributed by atoms with Crippen LogP contribution in [0.2, 0.25) is 0 Å². The van der Waals surface area contributed by atoms with Gasteiger partial charge in [-0.3, -0.25) is 4.90 Å². The number of nitrogens with zero attached hydrogens (tertiary/aromatic N) is 2. The summed E-state index contributed by atoms with van der Waals surface area (Å²) < 4.78 is 20.0. The summed E-state index contributed by atoms with van der Waals surface area (Å²) >= 11 is 0. The van der Waals surface area contributed by atoms with Crippen molar-refractivity contribution in [2.45, 2.75) is 26.0 Å². The van der Waals surface area contributed by atoms with E-state index in [0.717, 1.165) is 31.7 Å². The molecule has 2 fully saturated rings. The van der Waals surface area contributed by atoms with E-state index in [0.29, 0.717) is 23.8 Å². The van der Waals surface area contributed by atoms with Gasteiger partial charge in [0.25, 0.3) is 0 Å². The summed E-state index contributed by atoms with van der Waals surface area (Å²) in [4.78, 5) is 2.43. The van der Waals surface area contributed by atoms with Gasteiger partial charge in [0, 0.05) is 32.2 Å². The maximum Gasteiger partial charge on any atom is 0.144 e. The molecule has 2 aliphatic rings. The highest BCUT2D eigenvalue weighted by Gasteiger charge is 2.32. The largest absolute Gasteiger partial charge is 0.370 e. The van der Waals surface area contributed by atoms with Crippen molar-refractivity contribution in [3.8, 4) is 6.07 Å². The van der Waals surface area contributed by atoms with E-state index in [1.54, 1.807) is 6.92 Å².